The van der Waals surface area contributed by atoms with E-state index in [1.54, 1.807) is 36.4 Å². The van der Waals surface area contributed by atoms with Crippen LogP contribution in [0.2, 0.25) is 5.02 Å². The van der Waals surface area contributed by atoms with E-state index in [0.717, 1.165) is 6.26 Å². The number of rotatable bonds is 3. The summed E-state index contributed by atoms with van der Waals surface area (Å²) in [5.74, 6) is 0. The lowest BCUT2D eigenvalue weighted by Crippen LogP contribution is -2.03. The van der Waals surface area contributed by atoms with Crippen molar-refractivity contribution >= 4 is 21.4 Å². The minimum atomic E-state index is -3.29. The van der Waals surface area contributed by atoms with Crippen LogP contribution in [0.1, 0.15) is 17.2 Å². The molecule has 0 aromatic heterocycles. The van der Waals surface area contributed by atoms with Gasteiger partial charge in [0.15, 0.2) is 9.84 Å². The Balaban J connectivity index is 2.42. The summed E-state index contributed by atoms with van der Waals surface area (Å²) in [6, 6.07) is 13.1. The molecule has 19 heavy (non-hydrogen) atoms. The van der Waals surface area contributed by atoms with Crippen LogP contribution in [0.15, 0.2) is 53.4 Å². The summed E-state index contributed by atoms with van der Waals surface area (Å²) in [4.78, 5) is 0.186. The van der Waals surface area contributed by atoms with Gasteiger partial charge in [0.2, 0.25) is 0 Å². The lowest BCUT2D eigenvalue weighted by molar-refractivity contribution is 0.220. The zero-order valence-electron chi connectivity index (χ0n) is 10.2. The van der Waals surface area contributed by atoms with Crippen LogP contribution in [-0.2, 0) is 9.84 Å². The molecule has 0 heterocycles. The standard InChI is InChI=1S/C14H13ClO3S/c1-19(17,18)13-7-3-5-11(9-13)14(16)10-4-2-6-12(15)8-10/h2-9,14,16H,1H3. The van der Waals surface area contributed by atoms with Gasteiger partial charge in [0.25, 0.3) is 0 Å². The van der Waals surface area contributed by atoms with Crippen LogP contribution in [0.3, 0.4) is 0 Å². The molecule has 0 radical (unpaired) electrons. The van der Waals surface area contributed by atoms with Gasteiger partial charge in [-0.1, -0.05) is 35.9 Å². The van der Waals surface area contributed by atoms with Crippen LogP contribution in [0.25, 0.3) is 0 Å². The first-order chi connectivity index (χ1) is 8.88. The molecule has 2 aromatic carbocycles. The number of benzene rings is 2. The van der Waals surface area contributed by atoms with Gasteiger partial charge in [-0.05, 0) is 35.4 Å². The van der Waals surface area contributed by atoms with Crippen LogP contribution in [-0.4, -0.2) is 19.8 Å². The van der Waals surface area contributed by atoms with Crippen molar-refractivity contribution in [1.82, 2.24) is 0 Å². The van der Waals surface area contributed by atoms with Gasteiger partial charge in [-0.15, -0.1) is 0 Å². The number of halogens is 1. The molecule has 0 spiro atoms. The Hall–Kier alpha value is -1.36. The fraction of sp³-hybridized carbons (Fsp3) is 0.143. The van der Waals surface area contributed by atoms with Gasteiger partial charge < -0.3 is 5.11 Å². The minimum absolute atomic E-state index is 0.186. The first-order valence-electron chi connectivity index (χ1n) is 5.61. The van der Waals surface area contributed by atoms with E-state index in [-0.39, 0.29) is 4.90 Å². The summed E-state index contributed by atoms with van der Waals surface area (Å²) in [7, 11) is -3.29. The second kappa shape index (κ2) is 5.33. The van der Waals surface area contributed by atoms with E-state index in [9.17, 15) is 13.5 Å². The van der Waals surface area contributed by atoms with Crippen molar-refractivity contribution in [2.45, 2.75) is 11.0 Å². The third-order valence-electron chi connectivity index (χ3n) is 2.77. The maximum absolute atomic E-state index is 11.5. The maximum atomic E-state index is 11.5. The Kier molecular flexibility index (Phi) is 3.94. The second-order valence-electron chi connectivity index (χ2n) is 4.30. The first kappa shape index (κ1) is 14.1. The fourth-order valence-electron chi connectivity index (χ4n) is 1.78. The summed E-state index contributed by atoms with van der Waals surface area (Å²) >= 11 is 5.87. The van der Waals surface area contributed by atoms with E-state index >= 15 is 0 Å². The Morgan fingerprint density at radius 1 is 1.05 bits per heavy atom. The highest BCUT2D eigenvalue weighted by molar-refractivity contribution is 7.90. The van der Waals surface area contributed by atoms with Crippen LogP contribution in [0.5, 0.6) is 0 Å². The van der Waals surface area contributed by atoms with Crippen molar-refractivity contribution in [1.29, 1.82) is 0 Å². The highest BCUT2D eigenvalue weighted by Gasteiger charge is 2.14. The SMILES string of the molecule is CS(=O)(=O)c1cccc(C(O)c2cccc(Cl)c2)c1. The molecule has 3 nitrogen and oxygen atoms in total. The van der Waals surface area contributed by atoms with Crippen LogP contribution in [0.4, 0.5) is 0 Å². The summed E-state index contributed by atoms with van der Waals surface area (Å²) in [6.07, 6.45) is 0.234. The Morgan fingerprint density at radius 2 is 1.63 bits per heavy atom. The predicted octanol–water partition coefficient (Wildman–Crippen LogP) is 2.83. The summed E-state index contributed by atoms with van der Waals surface area (Å²) in [5.41, 5.74) is 1.14. The molecule has 0 saturated carbocycles. The van der Waals surface area contributed by atoms with E-state index in [1.807, 2.05) is 0 Å². The number of hydrogen-bond donors (Lipinski definition) is 1. The number of aliphatic hydroxyl groups excluding tert-OH is 1. The largest absolute Gasteiger partial charge is 0.384 e. The molecule has 0 aliphatic heterocycles. The smallest absolute Gasteiger partial charge is 0.175 e. The van der Waals surface area contributed by atoms with Crippen LogP contribution < -0.4 is 0 Å². The van der Waals surface area contributed by atoms with E-state index in [1.165, 1.54) is 12.1 Å². The lowest BCUT2D eigenvalue weighted by Gasteiger charge is -2.12. The van der Waals surface area contributed by atoms with Crippen molar-refractivity contribution in [2.75, 3.05) is 6.26 Å². The third kappa shape index (κ3) is 3.35. The molecule has 1 atom stereocenters. The molecule has 2 aromatic rings. The van der Waals surface area contributed by atoms with Gasteiger partial charge in [-0.2, -0.15) is 0 Å². The van der Waals surface area contributed by atoms with Crippen molar-refractivity contribution in [2.24, 2.45) is 0 Å². The van der Waals surface area contributed by atoms with Gasteiger partial charge in [-0.3, -0.25) is 0 Å². The van der Waals surface area contributed by atoms with E-state index in [4.69, 9.17) is 11.6 Å². The topological polar surface area (TPSA) is 54.4 Å². The fourth-order valence-corrected chi connectivity index (χ4v) is 2.66. The zero-order chi connectivity index (χ0) is 14.0. The zero-order valence-corrected chi connectivity index (χ0v) is 11.8. The molecule has 0 aliphatic carbocycles. The molecule has 1 N–H and O–H groups in total. The monoisotopic (exact) mass is 296 g/mol. The molecule has 0 aliphatic rings. The van der Waals surface area contributed by atoms with Crippen molar-refractivity contribution in [3.8, 4) is 0 Å². The van der Waals surface area contributed by atoms with Crippen molar-refractivity contribution in [3.63, 3.8) is 0 Å². The van der Waals surface area contributed by atoms with Gasteiger partial charge >= 0.3 is 0 Å². The van der Waals surface area contributed by atoms with Crippen LogP contribution >= 0.6 is 11.6 Å². The van der Waals surface area contributed by atoms with Crippen molar-refractivity contribution in [3.05, 3.63) is 64.7 Å². The summed E-state index contributed by atoms with van der Waals surface area (Å²) in [5, 5.41) is 10.8. The highest BCUT2D eigenvalue weighted by Crippen LogP contribution is 2.25. The van der Waals surface area contributed by atoms with Gasteiger partial charge in [-0.25, -0.2) is 8.42 Å². The molecule has 0 fully saturated rings. The molecule has 1 unspecified atom stereocenters. The molecular weight excluding hydrogens is 284 g/mol. The Labute approximate surface area is 117 Å². The summed E-state index contributed by atoms with van der Waals surface area (Å²) in [6.45, 7) is 0. The van der Waals surface area contributed by atoms with E-state index in [2.05, 4.69) is 0 Å². The molecule has 5 heteroatoms. The molecular formula is C14H13ClO3S. The molecule has 0 amide bonds. The molecule has 0 saturated heterocycles. The average molecular weight is 297 g/mol. The number of aliphatic hydroxyl groups is 1. The van der Waals surface area contributed by atoms with Crippen molar-refractivity contribution < 1.29 is 13.5 Å². The molecule has 100 valence electrons. The minimum Gasteiger partial charge on any atom is -0.384 e. The second-order valence-corrected chi connectivity index (χ2v) is 6.75. The highest BCUT2D eigenvalue weighted by atomic mass is 35.5. The number of sulfone groups is 1. The molecule has 0 bridgehead atoms. The van der Waals surface area contributed by atoms with Gasteiger partial charge in [0, 0.05) is 11.3 Å². The quantitative estimate of drug-likeness (QED) is 0.947. The third-order valence-corrected chi connectivity index (χ3v) is 4.11. The molecule has 2 rings (SSSR count). The first-order valence-corrected chi connectivity index (χ1v) is 7.88. The van der Waals surface area contributed by atoms with Gasteiger partial charge in [0.05, 0.1) is 4.90 Å². The van der Waals surface area contributed by atoms with Gasteiger partial charge in [0.1, 0.15) is 6.10 Å². The Bertz CT molecular complexity index is 695. The Morgan fingerprint density at radius 3 is 2.21 bits per heavy atom. The van der Waals surface area contributed by atoms with E-state index < -0.39 is 15.9 Å². The average Bonchev–Trinajstić information content (AvgIpc) is 2.37. The maximum Gasteiger partial charge on any atom is 0.175 e. The summed E-state index contributed by atoms with van der Waals surface area (Å²) < 4.78 is 23.0. The predicted molar refractivity (Wildman–Crippen MR) is 75.1 cm³/mol. The normalized spacial score (nSPS) is 13.2. The number of hydrogen-bond acceptors (Lipinski definition) is 3. The lowest BCUT2D eigenvalue weighted by atomic mass is 10.0. The van der Waals surface area contributed by atoms with Crippen LogP contribution in [0, 0.1) is 0 Å². The van der Waals surface area contributed by atoms with E-state index in [0.29, 0.717) is 16.1 Å².